The van der Waals surface area contributed by atoms with Gasteiger partial charge in [0.15, 0.2) is 0 Å². The molecule has 0 radical (unpaired) electrons. The zero-order chi connectivity index (χ0) is 13.7. The Morgan fingerprint density at radius 1 is 1.42 bits per heavy atom. The molecule has 1 N–H and O–H groups in total. The van der Waals surface area contributed by atoms with Crippen molar-refractivity contribution in [2.75, 3.05) is 25.2 Å². The van der Waals surface area contributed by atoms with Crippen LogP contribution in [0.5, 0.6) is 0 Å². The maximum Gasteiger partial charge on any atom is 0.0691 e. The normalized spacial score (nSPS) is 22.3. The highest BCUT2D eigenvalue weighted by atomic mass is 32.2. The molecule has 1 heterocycles. The molecule has 2 rings (SSSR count). The zero-order valence-electron chi connectivity index (χ0n) is 11.7. The molecule has 0 bridgehead atoms. The van der Waals surface area contributed by atoms with Gasteiger partial charge in [0.1, 0.15) is 0 Å². The Kier molecular flexibility index (Phi) is 5.55. The van der Waals surface area contributed by atoms with Crippen molar-refractivity contribution in [3.63, 3.8) is 0 Å². The van der Waals surface area contributed by atoms with Gasteiger partial charge in [-0.1, -0.05) is 29.8 Å². The van der Waals surface area contributed by atoms with Crippen molar-refractivity contribution >= 4 is 10.8 Å². The highest BCUT2D eigenvalue weighted by Crippen LogP contribution is 2.17. The molecule has 1 aliphatic rings. The van der Waals surface area contributed by atoms with Crippen molar-refractivity contribution in [3.05, 3.63) is 35.4 Å². The smallest absolute Gasteiger partial charge is 0.0691 e. The fourth-order valence-electron chi connectivity index (χ4n) is 2.38. The second kappa shape index (κ2) is 7.17. The predicted octanol–water partition coefficient (Wildman–Crippen LogP) is 2.18. The summed E-state index contributed by atoms with van der Waals surface area (Å²) in [5.41, 5.74) is 2.45. The quantitative estimate of drug-likeness (QED) is 0.868. The summed E-state index contributed by atoms with van der Waals surface area (Å²) in [6.45, 7) is 2.91. The molecule has 1 aliphatic heterocycles. The minimum absolute atomic E-state index is 0.155. The molecular formula is C15H23NO2S. The monoisotopic (exact) mass is 281 g/mol. The summed E-state index contributed by atoms with van der Waals surface area (Å²) in [7, 11) is 1.09. The lowest BCUT2D eigenvalue weighted by Crippen LogP contribution is -2.26. The number of hydrogen-bond donors (Lipinski definition) is 1. The molecule has 0 aromatic heterocycles. The largest absolute Gasteiger partial charge is 0.377 e. The van der Waals surface area contributed by atoms with Gasteiger partial charge in [-0.2, -0.15) is 0 Å². The van der Waals surface area contributed by atoms with Crippen LogP contribution in [0.2, 0.25) is 0 Å². The van der Waals surface area contributed by atoms with Gasteiger partial charge in [-0.25, -0.2) is 0 Å². The van der Waals surface area contributed by atoms with Crippen LogP contribution in [0, 0.1) is 6.92 Å². The van der Waals surface area contributed by atoms with E-state index in [2.05, 4.69) is 36.5 Å². The molecule has 3 nitrogen and oxygen atoms in total. The van der Waals surface area contributed by atoms with E-state index in [0.717, 1.165) is 19.4 Å². The molecule has 3 atom stereocenters. The molecule has 1 fully saturated rings. The Hall–Kier alpha value is -0.710. The molecule has 4 heteroatoms. The van der Waals surface area contributed by atoms with Crippen molar-refractivity contribution in [1.29, 1.82) is 0 Å². The third-order valence-electron chi connectivity index (χ3n) is 3.58. The fourth-order valence-corrected chi connectivity index (χ4v) is 3.93. The van der Waals surface area contributed by atoms with Crippen molar-refractivity contribution in [2.24, 2.45) is 0 Å². The van der Waals surface area contributed by atoms with Crippen molar-refractivity contribution in [3.8, 4) is 0 Å². The first-order valence-corrected chi connectivity index (χ1v) is 8.38. The lowest BCUT2D eigenvalue weighted by Gasteiger charge is -2.17. The van der Waals surface area contributed by atoms with E-state index >= 15 is 0 Å². The first-order chi connectivity index (χ1) is 9.19. The molecule has 1 aromatic carbocycles. The van der Waals surface area contributed by atoms with Crippen molar-refractivity contribution in [2.45, 2.75) is 31.9 Å². The van der Waals surface area contributed by atoms with E-state index in [1.807, 2.05) is 7.05 Å². The van der Waals surface area contributed by atoms with Crippen LogP contribution in [0.25, 0.3) is 0 Å². The Balaban J connectivity index is 1.90. The molecule has 1 saturated heterocycles. The SMILES string of the molecule is CNC(CS(=O)CC1CCCO1)c1ccc(C)cc1. The van der Waals surface area contributed by atoms with Crippen molar-refractivity contribution in [1.82, 2.24) is 5.32 Å². The van der Waals surface area contributed by atoms with Gasteiger partial charge in [-0.05, 0) is 32.4 Å². The Morgan fingerprint density at radius 2 is 2.16 bits per heavy atom. The van der Waals surface area contributed by atoms with E-state index in [0.29, 0.717) is 11.5 Å². The van der Waals surface area contributed by atoms with Crippen LogP contribution in [-0.4, -0.2) is 35.5 Å². The van der Waals surface area contributed by atoms with Gasteiger partial charge >= 0.3 is 0 Å². The first-order valence-electron chi connectivity index (χ1n) is 6.89. The summed E-state index contributed by atoms with van der Waals surface area (Å²) in [6, 6.07) is 8.58. The third-order valence-corrected chi connectivity index (χ3v) is 5.03. The molecule has 0 amide bonds. The van der Waals surface area contributed by atoms with E-state index in [4.69, 9.17) is 4.74 Å². The van der Waals surface area contributed by atoms with Gasteiger partial charge in [0.05, 0.1) is 6.10 Å². The molecule has 0 aliphatic carbocycles. The maximum atomic E-state index is 12.2. The second-order valence-corrected chi connectivity index (χ2v) is 6.71. The van der Waals surface area contributed by atoms with E-state index in [9.17, 15) is 4.21 Å². The summed E-state index contributed by atoms with van der Waals surface area (Å²) < 4.78 is 17.7. The summed E-state index contributed by atoms with van der Waals surface area (Å²) in [4.78, 5) is 0. The van der Waals surface area contributed by atoms with Crippen LogP contribution in [0.1, 0.15) is 30.0 Å². The van der Waals surface area contributed by atoms with E-state index in [-0.39, 0.29) is 12.1 Å². The lowest BCUT2D eigenvalue weighted by molar-refractivity contribution is 0.128. The molecule has 19 heavy (non-hydrogen) atoms. The standard InChI is InChI=1S/C15H23NO2S/c1-12-5-7-13(8-6-12)15(16-2)11-19(17)10-14-4-3-9-18-14/h5-8,14-16H,3-4,9-11H2,1-2H3. The zero-order valence-corrected chi connectivity index (χ0v) is 12.5. The number of ether oxygens (including phenoxy) is 1. The number of rotatable bonds is 6. The van der Waals surface area contributed by atoms with Gasteiger partial charge in [-0.3, -0.25) is 4.21 Å². The van der Waals surface area contributed by atoms with Crippen LogP contribution in [0.3, 0.4) is 0 Å². The highest BCUT2D eigenvalue weighted by Gasteiger charge is 2.20. The molecule has 0 saturated carbocycles. The predicted molar refractivity (Wildman–Crippen MR) is 79.8 cm³/mol. The molecule has 106 valence electrons. The third kappa shape index (κ3) is 4.41. The minimum Gasteiger partial charge on any atom is -0.377 e. The van der Waals surface area contributed by atoms with Gasteiger partial charge in [-0.15, -0.1) is 0 Å². The summed E-state index contributed by atoms with van der Waals surface area (Å²) in [5.74, 6) is 1.32. The minimum atomic E-state index is -0.833. The van der Waals surface area contributed by atoms with E-state index < -0.39 is 10.8 Å². The molecule has 1 aromatic rings. The van der Waals surface area contributed by atoms with Crippen LogP contribution < -0.4 is 5.32 Å². The fraction of sp³-hybridized carbons (Fsp3) is 0.600. The van der Waals surface area contributed by atoms with Gasteiger partial charge in [0.25, 0.3) is 0 Å². The number of nitrogens with one attached hydrogen (secondary N) is 1. The summed E-state index contributed by atoms with van der Waals surface area (Å²) in [5, 5.41) is 3.26. The second-order valence-electron chi connectivity index (χ2n) is 5.16. The maximum absolute atomic E-state index is 12.2. The van der Waals surface area contributed by atoms with Gasteiger partial charge < -0.3 is 10.1 Å². The van der Waals surface area contributed by atoms with Crippen LogP contribution >= 0.6 is 0 Å². The molecule has 0 spiro atoms. The Bertz CT molecular complexity index is 413. The Morgan fingerprint density at radius 3 is 2.74 bits per heavy atom. The van der Waals surface area contributed by atoms with E-state index in [1.165, 1.54) is 11.1 Å². The van der Waals surface area contributed by atoms with Gasteiger partial charge in [0, 0.05) is 35.0 Å². The van der Waals surface area contributed by atoms with E-state index in [1.54, 1.807) is 0 Å². The number of benzene rings is 1. The average molecular weight is 281 g/mol. The highest BCUT2D eigenvalue weighted by molar-refractivity contribution is 7.85. The van der Waals surface area contributed by atoms with Crippen LogP contribution in [-0.2, 0) is 15.5 Å². The summed E-state index contributed by atoms with van der Waals surface area (Å²) >= 11 is 0. The number of aryl methyl sites for hydroxylation is 1. The first kappa shape index (κ1) is 14.7. The number of hydrogen-bond acceptors (Lipinski definition) is 3. The van der Waals surface area contributed by atoms with Crippen molar-refractivity contribution < 1.29 is 8.95 Å². The molecule has 3 unspecified atom stereocenters. The van der Waals surface area contributed by atoms with Crippen LogP contribution in [0.4, 0.5) is 0 Å². The lowest BCUT2D eigenvalue weighted by atomic mass is 10.1. The topological polar surface area (TPSA) is 38.3 Å². The summed E-state index contributed by atoms with van der Waals surface area (Å²) in [6.07, 6.45) is 2.37. The average Bonchev–Trinajstić information content (AvgIpc) is 2.90. The van der Waals surface area contributed by atoms with Gasteiger partial charge in [0.2, 0.25) is 0 Å². The molecular weight excluding hydrogens is 258 g/mol. The Labute approximate surface area is 118 Å². The van der Waals surface area contributed by atoms with Crippen LogP contribution in [0.15, 0.2) is 24.3 Å².